The van der Waals surface area contributed by atoms with Gasteiger partial charge in [0, 0.05) is 18.3 Å². The van der Waals surface area contributed by atoms with Crippen molar-refractivity contribution < 1.29 is 14.6 Å². The first-order valence-electron chi connectivity index (χ1n) is 7.36. The van der Waals surface area contributed by atoms with Crippen molar-refractivity contribution in [2.24, 2.45) is 0 Å². The summed E-state index contributed by atoms with van der Waals surface area (Å²) < 4.78 is 5.88. The molecule has 1 atom stereocenters. The highest BCUT2D eigenvalue weighted by atomic mass is 16.5. The predicted octanol–water partition coefficient (Wildman–Crippen LogP) is 2.92. The molecular weight excluding hydrogens is 280 g/mol. The average molecular weight is 298 g/mol. The number of benzene rings is 1. The Morgan fingerprint density at radius 1 is 1.32 bits per heavy atom. The maximum Gasteiger partial charge on any atom is 0.320 e. The van der Waals surface area contributed by atoms with Crippen LogP contribution in [0.4, 0.5) is 0 Å². The lowest BCUT2D eigenvalue weighted by Crippen LogP contribution is -2.35. The number of nitrogens with zero attached hydrogens (tertiary/aromatic N) is 2. The summed E-state index contributed by atoms with van der Waals surface area (Å²) in [6.45, 7) is 1.38. The van der Waals surface area contributed by atoms with E-state index in [4.69, 9.17) is 4.74 Å². The molecule has 0 amide bonds. The van der Waals surface area contributed by atoms with Gasteiger partial charge < -0.3 is 9.84 Å². The van der Waals surface area contributed by atoms with Gasteiger partial charge in [-0.2, -0.15) is 0 Å². The molecule has 1 saturated heterocycles. The summed E-state index contributed by atoms with van der Waals surface area (Å²) in [5.41, 5.74) is 0.986. The van der Waals surface area contributed by atoms with E-state index in [1.165, 1.54) is 0 Å². The van der Waals surface area contributed by atoms with Crippen LogP contribution in [0.2, 0.25) is 0 Å². The second-order valence-corrected chi connectivity index (χ2v) is 5.37. The van der Waals surface area contributed by atoms with E-state index < -0.39 is 12.0 Å². The van der Waals surface area contributed by atoms with Gasteiger partial charge in [0.1, 0.15) is 17.5 Å². The first kappa shape index (κ1) is 14.5. The second-order valence-electron chi connectivity index (χ2n) is 5.37. The fraction of sp³-hybridized carbons (Fsp3) is 0.294. The smallest absolute Gasteiger partial charge is 0.320 e. The quantitative estimate of drug-likeness (QED) is 0.919. The first-order chi connectivity index (χ1) is 10.7. The fourth-order valence-electron chi connectivity index (χ4n) is 2.78. The molecule has 5 nitrogen and oxygen atoms in total. The first-order valence-corrected chi connectivity index (χ1v) is 7.36. The van der Waals surface area contributed by atoms with Crippen molar-refractivity contribution >= 4 is 5.97 Å². The Labute approximate surface area is 129 Å². The number of carboxylic acids is 1. The van der Waals surface area contributed by atoms with E-state index in [0.717, 1.165) is 24.3 Å². The molecule has 1 unspecified atom stereocenters. The van der Waals surface area contributed by atoms with Crippen LogP contribution in [0.25, 0.3) is 0 Å². The third kappa shape index (κ3) is 3.26. The number of rotatable bonds is 5. The highest BCUT2D eigenvalue weighted by Gasteiger charge is 2.30. The number of ether oxygens (including phenoxy) is 1. The summed E-state index contributed by atoms with van der Waals surface area (Å²) in [6.07, 6.45) is 4.98. The Balaban J connectivity index is 1.78. The molecule has 0 spiro atoms. The zero-order valence-electron chi connectivity index (χ0n) is 12.2. The lowest BCUT2D eigenvalue weighted by atomic mass is 10.1. The molecule has 1 fully saturated rings. The van der Waals surface area contributed by atoms with E-state index in [9.17, 15) is 9.90 Å². The van der Waals surface area contributed by atoms with Crippen molar-refractivity contribution in [1.29, 1.82) is 0 Å². The van der Waals surface area contributed by atoms with Gasteiger partial charge in [0.25, 0.3) is 0 Å². The van der Waals surface area contributed by atoms with Gasteiger partial charge in [0.05, 0.1) is 6.20 Å². The lowest BCUT2D eigenvalue weighted by molar-refractivity contribution is -0.142. The van der Waals surface area contributed by atoms with Gasteiger partial charge in [-0.1, -0.05) is 18.2 Å². The standard InChI is InChI=1S/C17H18N2O3/c20-17(21)15-7-4-10-19(15)12-13-5-1-2-8-16(13)22-14-6-3-9-18-11-14/h1-3,5-6,8-9,11,15H,4,7,10,12H2,(H,20,21). The minimum atomic E-state index is -0.747. The molecule has 0 radical (unpaired) electrons. The maximum atomic E-state index is 11.3. The minimum absolute atomic E-state index is 0.397. The molecule has 1 aliphatic heterocycles. The molecule has 2 heterocycles. The van der Waals surface area contributed by atoms with Gasteiger partial charge in [0.15, 0.2) is 0 Å². The molecule has 22 heavy (non-hydrogen) atoms. The van der Waals surface area contributed by atoms with Gasteiger partial charge >= 0.3 is 5.97 Å². The van der Waals surface area contributed by atoms with Crippen molar-refractivity contribution in [3.05, 3.63) is 54.4 Å². The summed E-state index contributed by atoms with van der Waals surface area (Å²) in [6, 6.07) is 11.0. The number of para-hydroxylation sites is 1. The van der Waals surface area contributed by atoms with E-state index in [1.807, 2.05) is 41.3 Å². The van der Waals surface area contributed by atoms with Crippen LogP contribution in [0.15, 0.2) is 48.8 Å². The molecule has 1 aromatic heterocycles. The molecule has 0 saturated carbocycles. The van der Waals surface area contributed by atoms with Crippen LogP contribution in [0, 0.1) is 0 Å². The van der Waals surface area contributed by atoms with E-state index in [0.29, 0.717) is 18.7 Å². The number of aromatic nitrogens is 1. The number of hydrogen-bond acceptors (Lipinski definition) is 4. The average Bonchev–Trinajstić information content (AvgIpc) is 2.99. The van der Waals surface area contributed by atoms with Gasteiger partial charge in [-0.15, -0.1) is 0 Å². The van der Waals surface area contributed by atoms with E-state index in [1.54, 1.807) is 12.4 Å². The number of carboxylic acid groups (broad SMARTS) is 1. The van der Waals surface area contributed by atoms with E-state index >= 15 is 0 Å². The highest BCUT2D eigenvalue weighted by molar-refractivity contribution is 5.73. The summed E-state index contributed by atoms with van der Waals surface area (Å²) in [5, 5.41) is 9.29. The van der Waals surface area contributed by atoms with Crippen LogP contribution in [-0.2, 0) is 11.3 Å². The van der Waals surface area contributed by atoms with Gasteiger partial charge in [-0.05, 0) is 37.6 Å². The van der Waals surface area contributed by atoms with Crippen LogP contribution >= 0.6 is 0 Å². The fourth-order valence-corrected chi connectivity index (χ4v) is 2.78. The molecule has 5 heteroatoms. The molecule has 2 aromatic rings. The minimum Gasteiger partial charge on any atom is -0.480 e. The Hall–Kier alpha value is -2.40. The van der Waals surface area contributed by atoms with Crippen molar-refractivity contribution in [2.75, 3.05) is 6.54 Å². The van der Waals surface area contributed by atoms with Crippen LogP contribution in [0.5, 0.6) is 11.5 Å². The third-order valence-corrected chi connectivity index (χ3v) is 3.86. The molecule has 1 N–H and O–H groups in total. The summed E-state index contributed by atoms with van der Waals surface area (Å²) in [5.74, 6) is 0.667. The number of aliphatic carboxylic acids is 1. The Morgan fingerprint density at radius 3 is 2.95 bits per heavy atom. The topological polar surface area (TPSA) is 62.7 Å². The van der Waals surface area contributed by atoms with Gasteiger partial charge in [-0.3, -0.25) is 14.7 Å². The highest BCUT2D eigenvalue weighted by Crippen LogP contribution is 2.28. The normalized spacial score (nSPS) is 18.3. The molecule has 1 aliphatic rings. The lowest BCUT2D eigenvalue weighted by Gasteiger charge is -2.22. The van der Waals surface area contributed by atoms with Crippen LogP contribution < -0.4 is 4.74 Å². The summed E-state index contributed by atoms with van der Waals surface area (Å²) in [4.78, 5) is 17.3. The van der Waals surface area contributed by atoms with Gasteiger partial charge in [-0.25, -0.2) is 0 Å². The number of hydrogen-bond donors (Lipinski definition) is 1. The van der Waals surface area contributed by atoms with Crippen molar-refractivity contribution in [2.45, 2.75) is 25.4 Å². The number of likely N-dealkylation sites (tertiary alicyclic amines) is 1. The number of pyridine rings is 1. The Kier molecular flexibility index (Phi) is 4.34. The molecule has 0 bridgehead atoms. The van der Waals surface area contributed by atoms with Crippen molar-refractivity contribution in [1.82, 2.24) is 9.88 Å². The van der Waals surface area contributed by atoms with Crippen molar-refractivity contribution in [3.63, 3.8) is 0 Å². The Bertz CT molecular complexity index is 645. The zero-order chi connectivity index (χ0) is 15.4. The number of carbonyl (C=O) groups is 1. The van der Waals surface area contributed by atoms with Crippen molar-refractivity contribution in [3.8, 4) is 11.5 Å². The molecule has 3 rings (SSSR count). The van der Waals surface area contributed by atoms with Gasteiger partial charge in [0.2, 0.25) is 0 Å². The second kappa shape index (κ2) is 6.58. The molecule has 0 aliphatic carbocycles. The largest absolute Gasteiger partial charge is 0.480 e. The van der Waals surface area contributed by atoms with Crippen LogP contribution in [0.1, 0.15) is 18.4 Å². The van der Waals surface area contributed by atoms with E-state index in [-0.39, 0.29) is 0 Å². The van der Waals surface area contributed by atoms with E-state index in [2.05, 4.69) is 4.98 Å². The van der Waals surface area contributed by atoms with Crippen LogP contribution in [-0.4, -0.2) is 33.5 Å². The molecular formula is C17H18N2O3. The zero-order valence-corrected chi connectivity index (χ0v) is 12.2. The predicted molar refractivity (Wildman–Crippen MR) is 81.8 cm³/mol. The SMILES string of the molecule is O=C(O)C1CCCN1Cc1ccccc1Oc1cccnc1. The summed E-state index contributed by atoms with van der Waals surface area (Å²) >= 11 is 0. The maximum absolute atomic E-state index is 11.3. The molecule has 1 aromatic carbocycles. The summed E-state index contributed by atoms with van der Waals surface area (Å²) in [7, 11) is 0. The molecule has 114 valence electrons. The third-order valence-electron chi connectivity index (χ3n) is 3.86. The Morgan fingerprint density at radius 2 is 2.18 bits per heavy atom. The van der Waals surface area contributed by atoms with Crippen LogP contribution in [0.3, 0.4) is 0 Å². The monoisotopic (exact) mass is 298 g/mol.